The topological polar surface area (TPSA) is 55.1 Å². The molecule has 5 heteroatoms. The highest BCUT2D eigenvalue weighted by molar-refractivity contribution is 5.61. The third-order valence-corrected chi connectivity index (χ3v) is 2.57. The third kappa shape index (κ3) is 2.13. The molecule has 0 aliphatic heterocycles. The van der Waals surface area contributed by atoms with Crippen LogP contribution in [0.3, 0.4) is 0 Å². The van der Waals surface area contributed by atoms with Crippen LogP contribution in [-0.2, 0) is 0 Å². The lowest BCUT2D eigenvalue weighted by molar-refractivity contribution is 0.742. The lowest BCUT2D eigenvalue weighted by atomic mass is 10.2. The number of anilines is 1. The second-order valence-electron chi connectivity index (χ2n) is 3.85. The zero-order valence-electron chi connectivity index (χ0n) is 9.77. The van der Waals surface area contributed by atoms with Gasteiger partial charge in [0.15, 0.2) is 5.82 Å². The van der Waals surface area contributed by atoms with E-state index in [-0.39, 0.29) is 0 Å². The van der Waals surface area contributed by atoms with Gasteiger partial charge < -0.3 is 5.32 Å². The van der Waals surface area contributed by atoms with Crippen LogP contribution in [0, 0.1) is 6.92 Å². The Morgan fingerprint density at radius 3 is 3.00 bits per heavy atom. The molecule has 0 fully saturated rings. The molecule has 0 aliphatic rings. The summed E-state index contributed by atoms with van der Waals surface area (Å²) in [6.45, 7) is 5.06. The van der Waals surface area contributed by atoms with Crippen LogP contribution in [0.25, 0.3) is 5.65 Å². The van der Waals surface area contributed by atoms with Gasteiger partial charge in [0, 0.05) is 18.9 Å². The predicted octanol–water partition coefficient (Wildman–Crippen LogP) is 2.03. The van der Waals surface area contributed by atoms with Gasteiger partial charge in [0.2, 0.25) is 5.65 Å². The number of hydrogen-bond acceptors (Lipinski definition) is 4. The van der Waals surface area contributed by atoms with E-state index in [1.807, 2.05) is 17.5 Å². The third-order valence-electron chi connectivity index (χ3n) is 2.57. The standard InChI is InChI=1S/C11H17N5/c1-3-4-5-6-12-10-11-15-14-9(2)16(11)8-7-13-10/h7-8H,3-6H2,1-2H3,(H,12,13). The van der Waals surface area contributed by atoms with Crippen LogP contribution >= 0.6 is 0 Å². The molecule has 0 unspecified atom stereocenters. The first-order chi connectivity index (χ1) is 7.83. The summed E-state index contributed by atoms with van der Waals surface area (Å²) >= 11 is 0. The van der Waals surface area contributed by atoms with Crippen molar-refractivity contribution >= 4 is 11.5 Å². The number of rotatable bonds is 5. The van der Waals surface area contributed by atoms with Crippen molar-refractivity contribution in [2.75, 3.05) is 11.9 Å². The minimum Gasteiger partial charge on any atom is -0.367 e. The maximum Gasteiger partial charge on any atom is 0.203 e. The lowest BCUT2D eigenvalue weighted by Gasteiger charge is -2.05. The molecule has 0 saturated carbocycles. The summed E-state index contributed by atoms with van der Waals surface area (Å²) in [6.07, 6.45) is 7.27. The Bertz CT molecular complexity index is 462. The summed E-state index contributed by atoms with van der Waals surface area (Å²) in [5.74, 6) is 1.70. The van der Waals surface area contributed by atoms with E-state index < -0.39 is 0 Å². The van der Waals surface area contributed by atoms with Gasteiger partial charge in [-0.2, -0.15) is 0 Å². The second kappa shape index (κ2) is 4.92. The first kappa shape index (κ1) is 10.9. The number of nitrogens with zero attached hydrogens (tertiary/aromatic N) is 4. The molecule has 0 aliphatic carbocycles. The van der Waals surface area contributed by atoms with E-state index >= 15 is 0 Å². The molecule has 2 heterocycles. The summed E-state index contributed by atoms with van der Waals surface area (Å²) in [6, 6.07) is 0. The van der Waals surface area contributed by atoms with Crippen molar-refractivity contribution in [3.63, 3.8) is 0 Å². The number of nitrogens with one attached hydrogen (secondary N) is 1. The molecule has 0 amide bonds. The minimum atomic E-state index is 0.802. The summed E-state index contributed by atoms with van der Waals surface area (Å²) < 4.78 is 1.94. The number of unbranched alkanes of at least 4 members (excludes halogenated alkanes) is 2. The average molecular weight is 219 g/mol. The molecular formula is C11H17N5. The van der Waals surface area contributed by atoms with Crippen molar-refractivity contribution in [1.82, 2.24) is 19.6 Å². The van der Waals surface area contributed by atoms with E-state index in [9.17, 15) is 0 Å². The zero-order valence-corrected chi connectivity index (χ0v) is 9.77. The number of aryl methyl sites for hydroxylation is 1. The van der Waals surface area contributed by atoms with Gasteiger partial charge in [-0.1, -0.05) is 19.8 Å². The SMILES string of the molecule is CCCCCNc1nccn2c(C)nnc12. The highest BCUT2D eigenvalue weighted by Crippen LogP contribution is 2.11. The van der Waals surface area contributed by atoms with Crippen LogP contribution in [0.15, 0.2) is 12.4 Å². The fraction of sp³-hybridized carbons (Fsp3) is 0.545. The maximum atomic E-state index is 4.28. The van der Waals surface area contributed by atoms with Crippen LogP contribution in [-0.4, -0.2) is 26.1 Å². The van der Waals surface area contributed by atoms with Crippen LogP contribution < -0.4 is 5.32 Å². The van der Waals surface area contributed by atoms with Gasteiger partial charge in [0.1, 0.15) is 5.82 Å². The molecule has 2 aromatic rings. The molecule has 1 N–H and O–H groups in total. The van der Waals surface area contributed by atoms with E-state index in [0.717, 1.165) is 30.3 Å². The molecule has 2 rings (SSSR count). The molecule has 86 valence electrons. The highest BCUT2D eigenvalue weighted by Gasteiger charge is 2.06. The van der Waals surface area contributed by atoms with Crippen molar-refractivity contribution in [3.05, 3.63) is 18.2 Å². The highest BCUT2D eigenvalue weighted by atomic mass is 15.3. The van der Waals surface area contributed by atoms with E-state index in [0.29, 0.717) is 0 Å². The van der Waals surface area contributed by atoms with Crippen LogP contribution in [0.4, 0.5) is 5.82 Å². The first-order valence-electron chi connectivity index (χ1n) is 5.73. The molecule has 0 spiro atoms. The van der Waals surface area contributed by atoms with Crippen molar-refractivity contribution < 1.29 is 0 Å². The smallest absolute Gasteiger partial charge is 0.203 e. The average Bonchev–Trinajstić information content (AvgIpc) is 2.68. The normalized spacial score (nSPS) is 10.9. The van der Waals surface area contributed by atoms with Gasteiger partial charge in [-0.05, 0) is 13.3 Å². The van der Waals surface area contributed by atoms with Crippen LogP contribution in [0.1, 0.15) is 32.0 Å². The predicted molar refractivity (Wildman–Crippen MR) is 63.5 cm³/mol. The minimum absolute atomic E-state index is 0.802. The van der Waals surface area contributed by atoms with Crippen LogP contribution in [0.2, 0.25) is 0 Å². The van der Waals surface area contributed by atoms with Gasteiger partial charge >= 0.3 is 0 Å². The molecule has 0 atom stereocenters. The molecule has 0 saturated heterocycles. The first-order valence-corrected chi connectivity index (χ1v) is 5.73. The number of aromatic nitrogens is 4. The van der Waals surface area contributed by atoms with Gasteiger partial charge in [-0.25, -0.2) is 4.98 Å². The fourth-order valence-corrected chi connectivity index (χ4v) is 1.65. The Hall–Kier alpha value is -1.65. The van der Waals surface area contributed by atoms with Gasteiger partial charge in [-0.15, -0.1) is 10.2 Å². The van der Waals surface area contributed by atoms with Gasteiger partial charge in [0.05, 0.1) is 0 Å². The Balaban J connectivity index is 2.11. The molecule has 0 radical (unpaired) electrons. The Kier molecular flexibility index (Phi) is 3.34. The molecule has 5 nitrogen and oxygen atoms in total. The molecular weight excluding hydrogens is 202 g/mol. The number of hydrogen-bond donors (Lipinski definition) is 1. The van der Waals surface area contributed by atoms with Crippen molar-refractivity contribution in [2.45, 2.75) is 33.1 Å². The van der Waals surface area contributed by atoms with E-state index in [1.54, 1.807) is 6.20 Å². The fourth-order valence-electron chi connectivity index (χ4n) is 1.65. The Morgan fingerprint density at radius 1 is 1.31 bits per heavy atom. The van der Waals surface area contributed by atoms with E-state index in [4.69, 9.17) is 0 Å². The largest absolute Gasteiger partial charge is 0.367 e. The Labute approximate surface area is 94.9 Å². The van der Waals surface area contributed by atoms with Gasteiger partial charge in [0.25, 0.3) is 0 Å². The number of fused-ring (bicyclic) bond motifs is 1. The monoisotopic (exact) mass is 219 g/mol. The second-order valence-corrected chi connectivity index (χ2v) is 3.85. The van der Waals surface area contributed by atoms with Crippen molar-refractivity contribution in [2.24, 2.45) is 0 Å². The van der Waals surface area contributed by atoms with Crippen LogP contribution in [0.5, 0.6) is 0 Å². The molecule has 2 aromatic heterocycles. The van der Waals surface area contributed by atoms with Crippen molar-refractivity contribution in [1.29, 1.82) is 0 Å². The van der Waals surface area contributed by atoms with Crippen molar-refractivity contribution in [3.8, 4) is 0 Å². The summed E-state index contributed by atoms with van der Waals surface area (Å²) in [5, 5.41) is 11.4. The lowest BCUT2D eigenvalue weighted by Crippen LogP contribution is -2.05. The maximum absolute atomic E-state index is 4.28. The summed E-state index contributed by atoms with van der Waals surface area (Å²) in [4.78, 5) is 4.28. The van der Waals surface area contributed by atoms with E-state index in [2.05, 4.69) is 27.4 Å². The molecule has 0 bridgehead atoms. The Morgan fingerprint density at radius 2 is 2.19 bits per heavy atom. The summed E-state index contributed by atoms with van der Waals surface area (Å²) in [5.41, 5.74) is 0.802. The van der Waals surface area contributed by atoms with E-state index in [1.165, 1.54) is 12.8 Å². The molecule has 0 aromatic carbocycles. The summed E-state index contributed by atoms with van der Waals surface area (Å²) in [7, 11) is 0. The van der Waals surface area contributed by atoms with Gasteiger partial charge in [-0.3, -0.25) is 4.40 Å². The quantitative estimate of drug-likeness (QED) is 0.782. The zero-order chi connectivity index (χ0) is 11.4. The molecule has 16 heavy (non-hydrogen) atoms.